The molecule has 0 saturated heterocycles. The van der Waals surface area contributed by atoms with Gasteiger partial charge in [0.2, 0.25) is 0 Å². The molecule has 2 aromatic heterocycles. The van der Waals surface area contributed by atoms with E-state index in [0.717, 1.165) is 107 Å². The lowest BCUT2D eigenvalue weighted by molar-refractivity contribution is 0.668. The van der Waals surface area contributed by atoms with Gasteiger partial charge >= 0.3 is 0 Å². The van der Waals surface area contributed by atoms with Crippen LogP contribution in [0.15, 0.2) is 212 Å². The molecule has 0 unspecified atom stereocenters. The molecule has 1 aliphatic rings. The van der Waals surface area contributed by atoms with E-state index in [1.807, 2.05) is 55.5 Å². The number of amidine groups is 1. The van der Waals surface area contributed by atoms with Crippen molar-refractivity contribution in [3.63, 3.8) is 0 Å². The van der Waals surface area contributed by atoms with Crippen LogP contribution in [0.5, 0.6) is 0 Å². The van der Waals surface area contributed by atoms with Gasteiger partial charge in [-0.1, -0.05) is 133 Å². The van der Waals surface area contributed by atoms with Gasteiger partial charge in [-0.2, -0.15) is 0 Å². The lowest BCUT2D eigenvalue weighted by atomic mass is 9.98. The van der Waals surface area contributed by atoms with Gasteiger partial charge in [0.1, 0.15) is 16.7 Å². The SMILES string of the molecule is C/C=C(/N=C(\N=C(/C)C1=CC=CCC1)c1ccccc1)c1ccc2c(c1)oc1cccc(-c3ccc(N(c4ccccc4)c4cccc5c4oc4ccccc45)cc3)c12. The Kier molecular flexibility index (Phi) is 9.39. The van der Waals surface area contributed by atoms with Gasteiger partial charge in [-0.05, 0) is 98.0 Å². The molecular formula is C54H41N3O2. The molecule has 10 rings (SSSR count). The predicted octanol–water partition coefficient (Wildman–Crippen LogP) is 15.2. The Morgan fingerprint density at radius 1 is 0.610 bits per heavy atom. The highest BCUT2D eigenvalue weighted by molar-refractivity contribution is 6.15. The maximum absolute atomic E-state index is 6.59. The van der Waals surface area contributed by atoms with Crippen LogP contribution in [0.3, 0.4) is 0 Å². The monoisotopic (exact) mass is 763 g/mol. The number of aliphatic imine (C=N–C) groups is 2. The number of furan rings is 2. The molecule has 9 aromatic rings. The minimum Gasteiger partial charge on any atom is -0.456 e. The quantitative estimate of drug-likeness (QED) is 0.114. The van der Waals surface area contributed by atoms with E-state index in [0.29, 0.717) is 5.84 Å². The Balaban J connectivity index is 1.02. The summed E-state index contributed by atoms with van der Waals surface area (Å²) >= 11 is 0. The number of allylic oxidation sites excluding steroid dienone is 5. The fourth-order valence-electron chi connectivity index (χ4n) is 8.21. The fraction of sp³-hybridized carbons (Fsp3) is 0.0741. The number of benzene rings is 7. The molecule has 0 amide bonds. The van der Waals surface area contributed by atoms with Crippen LogP contribution < -0.4 is 4.90 Å². The van der Waals surface area contributed by atoms with Crippen molar-refractivity contribution in [3.8, 4) is 11.1 Å². The molecule has 0 saturated carbocycles. The second-order valence-electron chi connectivity index (χ2n) is 14.8. The zero-order valence-corrected chi connectivity index (χ0v) is 33.0. The Morgan fingerprint density at radius 2 is 1.34 bits per heavy atom. The van der Waals surface area contributed by atoms with Crippen LogP contribution in [-0.4, -0.2) is 11.5 Å². The van der Waals surface area contributed by atoms with E-state index >= 15 is 0 Å². The molecule has 0 bridgehead atoms. The smallest absolute Gasteiger partial charge is 0.160 e. The average Bonchev–Trinajstić information content (AvgIpc) is 3.88. The van der Waals surface area contributed by atoms with Crippen LogP contribution in [0.25, 0.3) is 60.7 Å². The van der Waals surface area contributed by atoms with Crippen molar-refractivity contribution in [2.24, 2.45) is 9.98 Å². The van der Waals surface area contributed by atoms with Crippen molar-refractivity contribution in [2.75, 3.05) is 4.90 Å². The van der Waals surface area contributed by atoms with Crippen molar-refractivity contribution >= 4 is 78.2 Å². The third-order valence-corrected chi connectivity index (χ3v) is 11.2. The first kappa shape index (κ1) is 35.9. The average molecular weight is 764 g/mol. The number of para-hydroxylation sites is 3. The first-order chi connectivity index (χ1) is 29.1. The van der Waals surface area contributed by atoms with E-state index in [4.69, 9.17) is 18.8 Å². The standard InChI is InChI=1S/C54H41N3O2/c1-3-47(56-54(39-19-9-5-10-20-39)55-36(2)37-17-7-4-8-18-37)40-31-34-46-51(35-40)58-50-28-16-24-43(52(46)50)38-29-32-42(33-30-38)57(41-21-11-6-12-22-41)48-26-15-25-45-44-23-13-14-27-49(44)59-53(45)48/h3-7,9-17,19-35H,8,18H2,1-2H3/b47-3+,55-36+,56-54-. The predicted molar refractivity (Wildman–Crippen MR) is 247 cm³/mol. The molecule has 5 nitrogen and oxygen atoms in total. The molecule has 1 aliphatic carbocycles. The summed E-state index contributed by atoms with van der Waals surface area (Å²) in [6.07, 6.45) is 10.5. The maximum Gasteiger partial charge on any atom is 0.160 e. The highest BCUT2D eigenvalue weighted by Crippen LogP contribution is 2.43. The van der Waals surface area contributed by atoms with Crippen molar-refractivity contribution in [3.05, 3.63) is 205 Å². The van der Waals surface area contributed by atoms with Gasteiger partial charge < -0.3 is 13.7 Å². The Labute approximate surface area is 343 Å². The molecule has 5 heteroatoms. The third-order valence-electron chi connectivity index (χ3n) is 11.2. The lowest BCUT2D eigenvalue weighted by Gasteiger charge is -2.25. The second-order valence-corrected chi connectivity index (χ2v) is 14.8. The van der Waals surface area contributed by atoms with E-state index in [1.165, 1.54) is 5.57 Å². The second kappa shape index (κ2) is 15.4. The highest BCUT2D eigenvalue weighted by Gasteiger charge is 2.20. The molecule has 0 atom stereocenters. The fourth-order valence-corrected chi connectivity index (χ4v) is 8.21. The van der Waals surface area contributed by atoms with E-state index in [-0.39, 0.29) is 0 Å². The first-order valence-electron chi connectivity index (χ1n) is 20.2. The van der Waals surface area contributed by atoms with Gasteiger partial charge in [0, 0.05) is 49.8 Å². The van der Waals surface area contributed by atoms with E-state index in [9.17, 15) is 0 Å². The lowest BCUT2D eigenvalue weighted by Crippen LogP contribution is -2.10. The Hall–Kier alpha value is -7.50. The molecule has 0 spiro atoms. The molecule has 0 radical (unpaired) electrons. The van der Waals surface area contributed by atoms with Gasteiger partial charge in [0.25, 0.3) is 0 Å². The topological polar surface area (TPSA) is 54.2 Å². The largest absolute Gasteiger partial charge is 0.456 e. The summed E-state index contributed by atoms with van der Waals surface area (Å²) in [5.41, 5.74) is 13.6. The van der Waals surface area contributed by atoms with Crippen molar-refractivity contribution in [2.45, 2.75) is 26.7 Å². The summed E-state index contributed by atoms with van der Waals surface area (Å²) in [7, 11) is 0. The summed E-state index contributed by atoms with van der Waals surface area (Å²) in [6.45, 7) is 4.10. The van der Waals surface area contributed by atoms with Gasteiger partial charge in [-0.3, -0.25) is 0 Å². The van der Waals surface area contributed by atoms with Crippen molar-refractivity contribution in [1.29, 1.82) is 0 Å². The number of hydrogen-bond donors (Lipinski definition) is 0. The minimum atomic E-state index is 0.683. The summed E-state index contributed by atoms with van der Waals surface area (Å²) in [4.78, 5) is 12.5. The summed E-state index contributed by atoms with van der Waals surface area (Å²) in [5.74, 6) is 0.683. The zero-order chi connectivity index (χ0) is 39.7. The summed E-state index contributed by atoms with van der Waals surface area (Å²) < 4.78 is 13.1. The normalized spacial score (nSPS) is 13.8. The first-order valence-corrected chi connectivity index (χ1v) is 20.2. The zero-order valence-electron chi connectivity index (χ0n) is 33.0. The number of anilines is 3. The van der Waals surface area contributed by atoms with Crippen LogP contribution in [0.4, 0.5) is 17.1 Å². The number of nitrogens with zero attached hydrogens (tertiary/aromatic N) is 3. The molecule has 284 valence electrons. The number of hydrogen-bond acceptors (Lipinski definition) is 4. The van der Waals surface area contributed by atoms with Gasteiger partial charge in [0.15, 0.2) is 11.4 Å². The van der Waals surface area contributed by atoms with Crippen molar-refractivity contribution in [1.82, 2.24) is 0 Å². The van der Waals surface area contributed by atoms with E-state index in [1.54, 1.807) is 0 Å². The molecule has 0 fully saturated rings. The molecule has 7 aromatic carbocycles. The number of fused-ring (bicyclic) bond motifs is 6. The van der Waals surface area contributed by atoms with Crippen LogP contribution in [-0.2, 0) is 0 Å². The highest BCUT2D eigenvalue weighted by atomic mass is 16.3. The molecule has 2 heterocycles. The molecule has 59 heavy (non-hydrogen) atoms. The van der Waals surface area contributed by atoms with Crippen LogP contribution in [0.2, 0.25) is 0 Å². The van der Waals surface area contributed by atoms with E-state index < -0.39 is 0 Å². The van der Waals surface area contributed by atoms with Gasteiger partial charge in [0.05, 0.1) is 11.4 Å². The van der Waals surface area contributed by atoms with Crippen LogP contribution >= 0.6 is 0 Å². The Bertz CT molecular complexity index is 3160. The molecule has 0 N–H and O–H groups in total. The third kappa shape index (κ3) is 6.77. The Morgan fingerprint density at radius 3 is 2.14 bits per heavy atom. The van der Waals surface area contributed by atoms with E-state index in [2.05, 4.69) is 151 Å². The molecular weight excluding hydrogens is 723 g/mol. The van der Waals surface area contributed by atoms with Crippen molar-refractivity contribution < 1.29 is 8.83 Å². The number of rotatable bonds is 8. The van der Waals surface area contributed by atoms with Gasteiger partial charge in [-0.15, -0.1) is 0 Å². The summed E-state index contributed by atoms with van der Waals surface area (Å²) in [5, 5.41) is 4.34. The molecule has 0 aliphatic heterocycles. The maximum atomic E-state index is 6.59. The van der Waals surface area contributed by atoms with Gasteiger partial charge in [-0.25, -0.2) is 9.98 Å². The summed E-state index contributed by atoms with van der Waals surface area (Å²) in [6, 6.07) is 56.7. The van der Waals surface area contributed by atoms with Crippen LogP contribution in [0.1, 0.15) is 37.8 Å². The minimum absolute atomic E-state index is 0.683. The van der Waals surface area contributed by atoms with Crippen LogP contribution in [0, 0.1) is 0 Å².